The van der Waals surface area contributed by atoms with Crippen molar-refractivity contribution in [1.82, 2.24) is 5.32 Å². The zero-order valence-corrected chi connectivity index (χ0v) is 14.7. The lowest BCUT2D eigenvalue weighted by Crippen LogP contribution is -2.53. The summed E-state index contributed by atoms with van der Waals surface area (Å²) in [5.41, 5.74) is -1.37. The molecule has 0 saturated carbocycles. The second kappa shape index (κ2) is 7.31. The third kappa shape index (κ3) is 4.45. The van der Waals surface area contributed by atoms with E-state index in [1.807, 2.05) is 0 Å². The first-order valence-electron chi connectivity index (χ1n) is 7.07. The first-order chi connectivity index (χ1) is 10.5. The summed E-state index contributed by atoms with van der Waals surface area (Å²) in [6, 6.07) is 6.02. The molecule has 1 atom stereocenters. The highest BCUT2D eigenvalue weighted by molar-refractivity contribution is 7.92. The lowest BCUT2D eigenvalue weighted by molar-refractivity contribution is -0.148. The van der Waals surface area contributed by atoms with Crippen molar-refractivity contribution in [2.45, 2.75) is 38.0 Å². The number of carbonyl (C=O) groups is 2. The summed E-state index contributed by atoms with van der Waals surface area (Å²) < 4.78 is 23.7. The second-order valence-corrected chi connectivity index (χ2v) is 8.47. The maximum Gasteiger partial charge on any atom is 0.334 e. The monoisotopic (exact) mass is 361 g/mol. The van der Waals surface area contributed by atoms with Gasteiger partial charge in [-0.2, -0.15) is 0 Å². The summed E-state index contributed by atoms with van der Waals surface area (Å²) in [5.74, 6) is -2.87. The average molecular weight is 362 g/mol. The molecular formula is C15H20ClNO5S. The smallest absolute Gasteiger partial charge is 0.334 e. The van der Waals surface area contributed by atoms with Crippen LogP contribution in [0.4, 0.5) is 0 Å². The van der Waals surface area contributed by atoms with Crippen molar-refractivity contribution in [3.63, 3.8) is 0 Å². The van der Waals surface area contributed by atoms with Crippen LogP contribution in [0.2, 0.25) is 5.02 Å². The zero-order chi connectivity index (χ0) is 17.8. The summed E-state index contributed by atoms with van der Waals surface area (Å²) in [6.07, 6.45) is 0.0530. The Morgan fingerprint density at radius 2 is 1.78 bits per heavy atom. The molecular weight excluding hydrogens is 342 g/mol. The van der Waals surface area contributed by atoms with Crippen molar-refractivity contribution in [1.29, 1.82) is 0 Å². The molecule has 0 saturated heterocycles. The number of hydrogen-bond donors (Lipinski definition) is 2. The fourth-order valence-corrected chi connectivity index (χ4v) is 2.95. The molecule has 0 heterocycles. The van der Waals surface area contributed by atoms with Crippen molar-refractivity contribution in [2.24, 2.45) is 0 Å². The minimum atomic E-state index is -3.62. The van der Waals surface area contributed by atoms with E-state index in [0.717, 1.165) is 0 Å². The minimum absolute atomic E-state index is 0.0530. The predicted octanol–water partition coefficient (Wildman–Crippen LogP) is 1.97. The van der Waals surface area contributed by atoms with Crippen LogP contribution in [0.1, 0.15) is 32.8 Å². The largest absolute Gasteiger partial charge is 0.479 e. The van der Waals surface area contributed by atoms with Gasteiger partial charge in [-0.1, -0.05) is 30.7 Å². The lowest BCUT2D eigenvalue weighted by atomic mass is 9.87. The van der Waals surface area contributed by atoms with E-state index in [1.54, 1.807) is 6.92 Å². The highest BCUT2D eigenvalue weighted by atomic mass is 35.5. The first kappa shape index (κ1) is 19.4. The molecule has 8 heteroatoms. The quantitative estimate of drug-likeness (QED) is 0.773. The van der Waals surface area contributed by atoms with Gasteiger partial charge in [-0.05, 0) is 38.0 Å². The molecule has 23 heavy (non-hydrogen) atoms. The molecule has 2 N–H and O–H groups in total. The summed E-state index contributed by atoms with van der Waals surface area (Å²) >= 11 is 5.80. The Balaban J connectivity index is 3.16. The molecule has 128 valence electrons. The highest BCUT2D eigenvalue weighted by Crippen LogP contribution is 2.27. The number of aliphatic carboxylic acids is 1. The van der Waals surface area contributed by atoms with Gasteiger partial charge in [-0.15, -0.1) is 0 Å². The van der Waals surface area contributed by atoms with Gasteiger partial charge in [0.1, 0.15) is 5.75 Å². The molecule has 0 aliphatic carbocycles. The van der Waals surface area contributed by atoms with Gasteiger partial charge in [0.05, 0.1) is 5.25 Å². The topological polar surface area (TPSA) is 101 Å². The molecule has 1 aromatic rings. The van der Waals surface area contributed by atoms with Crippen molar-refractivity contribution in [3.8, 4) is 0 Å². The molecule has 0 spiro atoms. The van der Waals surface area contributed by atoms with E-state index in [2.05, 4.69) is 5.32 Å². The number of halogens is 1. The van der Waals surface area contributed by atoms with Crippen LogP contribution < -0.4 is 5.32 Å². The van der Waals surface area contributed by atoms with Crippen LogP contribution in [0.25, 0.3) is 0 Å². The summed E-state index contributed by atoms with van der Waals surface area (Å²) in [7, 11) is -3.62. The maximum atomic E-state index is 12.1. The van der Waals surface area contributed by atoms with Crippen molar-refractivity contribution in [2.75, 3.05) is 5.75 Å². The molecule has 0 fully saturated rings. The van der Waals surface area contributed by atoms with Gasteiger partial charge < -0.3 is 10.4 Å². The molecule has 0 aliphatic heterocycles. The number of carboxylic acid groups (broad SMARTS) is 1. The number of rotatable bonds is 7. The third-order valence-electron chi connectivity index (χ3n) is 3.64. The number of carboxylic acids is 1. The van der Waals surface area contributed by atoms with Gasteiger partial charge in [0.25, 0.3) is 0 Å². The van der Waals surface area contributed by atoms with Gasteiger partial charge in [0, 0.05) is 5.02 Å². The van der Waals surface area contributed by atoms with Gasteiger partial charge in [-0.25, -0.2) is 13.2 Å². The van der Waals surface area contributed by atoms with E-state index in [0.29, 0.717) is 10.6 Å². The Bertz CT molecular complexity index is 684. The van der Waals surface area contributed by atoms with Gasteiger partial charge in [0.15, 0.2) is 15.4 Å². The average Bonchev–Trinajstić information content (AvgIpc) is 2.44. The summed E-state index contributed by atoms with van der Waals surface area (Å²) in [5, 5.41) is 11.7. The van der Waals surface area contributed by atoms with Crippen LogP contribution in [0.15, 0.2) is 24.3 Å². The Labute approximate surface area is 140 Å². The molecule has 6 nitrogen and oxygen atoms in total. The fourth-order valence-electron chi connectivity index (χ4n) is 2.05. The first-order valence-corrected chi connectivity index (χ1v) is 9.16. The van der Waals surface area contributed by atoms with E-state index in [9.17, 15) is 23.1 Å². The van der Waals surface area contributed by atoms with Crippen LogP contribution >= 0.6 is 11.6 Å². The lowest BCUT2D eigenvalue weighted by Gasteiger charge is -2.30. The Morgan fingerprint density at radius 3 is 2.17 bits per heavy atom. The van der Waals surface area contributed by atoms with Crippen molar-refractivity contribution < 1.29 is 23.1 Å². The van der Waals surface area contributed by atoms with Crippen molar-refractivity contribution in [3.05, 3.63) is 34.9 Å². The Hall–Kier alpha value is -1.60. The van der Waals surface area contributed by atoms with Crippen LogP contribution in [-0.2, 0) is 25.0 Å². The molecule has 1 amide bonds. The minimum Gasteiger partial charge on any atom is -0.479 e. The van der Waals surface area contributed by atoms with Crippen LogP contribution in [-0.4, -0.2) is 36.4 Å². The van der Waals surface area contributed by atoms with Crippen LogP contribution in [0.3, 0.4) is 0 Å². The highest BCUT2D eigenvalue weighted by Gasteiger charge is 2.41. The molecule has 0 aromatic heterocycles. The van der Waals surface area contributed by atoms with Gasteiger partial charge in [0.2, 0.25) is 5.91 Å². The zero-order valence-electron chi connectivity index (χ0n) is 13.2. The van der Waals surface area contributed by atoms with Crippen LogP contribution in [0.5, 0.6) is 0 Å². The van der Waals surface area contributed by atoms with E-state index in [4.69, 9.17) is 11.6 Å². The summed E-state index contributed by atoms with van der Waals surface area (Å²) in [6.45, 7) is 4.53. The predicted molar refractivity (Wildman–Crippen MR) is 88.1 cm³/mol. The third-order valence-corrected chi connectivity index (χ3v) is 5.99. The molecule has 0 bridgehead atoms. The van der Waals surface area contributed by atoms with Gasteiger partial charge >= 0.3 is 5.97 Å². The van der Waals surface area contributed by atoms with E-state index in [-0.39, 0.29) is 6.42 Å². The number of amides is 1. The second-order valence-electron chi connectivity index (χ2n) is 5.48. The molecule has 0 aliphatic rings. The van der Waals surface area contributed by atoms with Crippen LogP contribution in [0, 0.1) is 0 Å². The number of sulfone groups is 1. The fraction of sp³-hybridized carbons (Fsp3) is 0.467. The molecule has 1 rings (SSSR count). The Kier molecular flexibility index (Phi) is 6.18. The normalized spacial score (nSPS) is 14.3. The molecule has 1 unspecified atom stereocenters. The van der Waals surface area contributed by atoms with E-state index in [1.165, 1.54) is 38.1 Å². The van der Waals surface area contributed by atoms with E-state index < -0.39 is 38.3 Å². The number of hydrogen-bond acceptors (Lipinski definition) is 4. The summed E-state index contributed by atoms with van der Waals surface area (Å²) in [4.78, 5) is 23.9. The van der Waals surface area contributed by atoms with E-state index >= 15 is 0 Å². The molecule has 1 aromatic carbocycles. The van der Waals surface area contributed by atoms with Crippen molar-refractivity contribution >= 4 is 33.3 Å². The SMILES string of the molecule is CCC(NC(=O)CS(=O)(=O)C(C)C)(C(=O)O)c1ccc(Cl)cc1. The van der Waals surface area contributed by atoms with Gasteiger partial charge in [-0.3, -0.25) is 4.79 Å². The maximum absolute atomic E-state index is 12.1. The Morgan fingerprint density at radius 1 is 1.26 bits per heavy atom. The number of benzene rings is 1. The number of nitrogens with one attached hydrogen (secondary N) is 1. The number of carbonyl (C=O) groups excluding carboxylic acids is 1. The standard InChI is InChI=1S/C15H20ClNO5S/c1-4-15(14(19)20,11-5-7-12(16)8-6-11)17-13(18)9-23(21,22)10(2)3/h5-8,10H,4,9H2,1-3H3,(H,17,18)(H,19,20). The molecule has 0 radical (unpaired) electrons.